The molecule has 0 saturated carbocycles. The zero-order valence-electron chi connectivity index (χ0n) is 54.4. The predicted octanol–water partition coefficient (Wildman–Crippen LogP) is 13.3. The third-order valence-electron chi connectivity index (χ3n) is 17.9. The van der Waals surface area contributed by atoms with Gasteiger partial charge in [-0.05, 0) is 0 Å². The fourth-order valence-electron chi connectivity index (χ4n) is 13.1. The van der Waals surface area contributed by atoms with E-state index >= 15 is 0 Å². The van der Waals surface area contributed by atoms with E-state index in [9.17, 15) is 15.8 Å². The zero-order chi connectivity index (χ0) is 68.1. The van der Waals surface area contributed by atoms with E-state index in [0.29, 0.717) is 50.4 Å². The van der Waals surface area contributed by atoms with Gasteiger partial charge in [0.05, 0.1) is 0 Å². The monoisotopic (exact) mass is 1820 g/mol. The summed E-state index contributed by atoms with van der Waals surface area (Å²) in [5, 5.41) is 32.4. The number of hydrogen-bond donors (Lipinski definition) is 0. The second-order valence-electron chi connectivity index (χ2n) is 24.8. The molecule has 18 rings (SSSR count). The third kappa shape index (κ3) is 12.7. The van der Waals surface area contributed by atoms with Gasteiger partial charge in [0.25, 0.3) is 0 Å². The molecule has 0 amide bonds. The van der Waals surface area contributed by atoms with Crippen LogP contribution < -0.4 is 46.7 Å². The van der Waals surface area contributed by atoms with Crippen LogP contribution in [0.5, 0.6) is 0 Å². The molecule has 0 fully saturated rings. The van der Waals surface area contributed by atoms with Crippen molar-refractivity contribution in [2.24, 2.45) is 9.98 Å². The van der Waals surface area contributed by atoms with Gasteiger partial charge in [-0.1, -0.05) is 0 Å². The van der Waals surface area contributed by atoms with Crippen LogP contribution in [0.25, 0.3) is 32.7 Å². The van der Waals surface area contributed by atoms with E-state index in [1.165, 1.54) is 102 Å². The Morgan fingerprint density at radius 3 is 1.20 bits per heavy atom. The van der Waals surface area contributed by atoms with Gasteiger partial charge in [-0.25, -0.2) is 0 Å². The first-order valence-corrected chi connectivity index (χ1v) is 47.9. The summed E-state index contributed by atoms with van der Waals surface area (Å²) in [7, 11) is -1.98. The fraction of sp³-hybridized carbons (Fsp3) is 0.0602. The van der Waals surface area contributed by atoms with Crippen molar-refractivity contribution in [3.05, 3.63) is 289 Å². The molecule has 5 aliphatic heterocycles. The molecule has 480 valence electrons. The van der Waals surface area contributed by atoms with Crippen molar-refractivity contribution in [2.75, 3.05) is 14.7 Å². The summed E-state index contributed by atoms with van der Waals surface area (Å²) in [5.41, 5.74) is 14.6. The zero-order valence-corrected chi connectivity index (χ0v) is 68.0. The van der Waals surface area contributed by atoms with Gasteiger partial charge in [0.1, 0.15) is 0 Å². The number of aliphatic imine (C=N–C) groups is 2. The summed E-state index contributed by atoms with van der Waals surface area (Å²) in [5.74, 6) is 0. The molecule has 100 heavy (non-hydrogen) atoms. The first-order chi connectivity index (χ1) is 48.9. The van der Waals surface area contributed by atoms with E-state index in [-0.39, 0.29) is 48.9 Å². The topological polar surface area (TPSA) is 119 Å². The molecule has 0 bridgehead atoms. The molecule has 17 heteroatoms. The van der Waals surface area contributed by atoms with Crippen LogP contribution in [-0.4, -0.2) is 133 Å². The van der Waals surface area contributed by atoms with Crippen LogP contribution in [0, 0.1) is 34.0 Å². The molecule has 0 unspecified atom stereocenters. The number of hydrogen-bond acceptors (Lipinski definition) is 9. The van der Waals surface area contributed by atoms with E-state index < -0.39 is 28.5 Å². The Bertz CT molecular complexity index is 5320. The average molecular weight is 1810 g/mol. The Hall–Kier alpha value is -8.36. The average Bonchev–Trinajstić information content (AvgIpc) is 1.43. The molecule has 9 aromatic carbocycles. The number of nitrogens with zero attached hydrogens (tertiary/aromatic N) is 9. The van der Waals surface area contributed by atoms with Gasteiger partial charge in [-0.2, -0.15) is 0 Å². The molecule has 4 aromatic heterocycles. The number of anilines is 9. The predicted molar refractivity (Wildman–Crippen MR) is 426 cm³/mol. The third-order valence-corrected chi connectivity index (χ3v) is 37.8. The van der Waals surface area contributed by atoms with E-state index in [1.807, 2.05) is 36.4 Å². The molecule has 5 aliphatic rings. The number of para-hydroxylation sites is 9. The number of aromatic nitrogens is 1. The van der Waals surface area contributed by atoms with Gasteiger partial charge in [-0.3, -0.25) is 0 Å². The Labute approximate surface area is 629 Å². The van der Waals surface area contributed by atoms with Gasteiger partial charge in [0.2, 0.25) is 0 Å². The normalized spacial score (nSPS) is 14.8. The minimum atomic E-state index is -1.98. The Morgan fingerprint density at radius 2 is 0.780 bits per heavy atom. The summed E-state index contributed by atoms with van der Waals surface area (Å²) in [4.78, 5) is 21.8. The van der Waals surface area contributed by atoms with Gasteiger partial charge in [-0.15, -0.1) is 0 Å². The van der Waals surface area contributed by atoms with Crippen LogP contribution in [0.2, 0.25) is 13.1 Å². The molecule has 9 nitrogen and oxygen atoms in total. The summed E-state index contributed by atoms with van der Waals surface area (Å²) in [6.45, 7) is 8.90. The Balaban J connectivity index is 0.000000117. The van der Waals surface area contributed by atoms with Crippen LogP contribution in [0.4, 0.5) is 59.2 Å². The summed E-state index contributed by atoms with van der Waals surface area (Å²) in [6.07, 6.45) is 6.22. The van der Waals surface area contributed by atoms with Crippen molar-refractivity contribution < 1.29 is 0 Å². The quantitative estimate of drug-likeness (QED) is 0.104. The Morgan fingerprint density at radius 1 is 0.410 bits per heavy atom. The molecular formula is C83H57N9Se6SiTe. The van der Waals surface area contributed by atoms with Crippen LogP contribution >= 0.6 is 0 Å². The van der Waals surface area contributed by atoms with Gasteiger partial charge in [0.15, 0.2) is 0 Å². The molecule has 13 aromatic rings. The second kappa shape index (κ2) is 28.2. The number of benzene rings is 9. The number of nitriles is 3. The first kappa shape index (κ1) is 66.2. The molecular weight excluding hydrogens is 1750 g/mol. The Kier molecular flexibility index (Phi) is 18.7. The molecule has 9 heterocycles. The molecule has 0 radical (unpaired) electrons. The van der Waals surface area contributed by atoms with Crippen molar-refractivity contribution in [3.8, 4) is 18.2 Å². The molecule has 0 spiro atoms. The summed E-state index contributed by atoms with van der Waals surface area (Å²) in [6, 6.07) is 97.9. The molecule has 0 aliphatic carbocycles. The van der Waals surface area contributed by atoms with Crippen molar-refractivity contribution in [2.45, 2.75) is 32.4 Å². The number of allylic oxidation sites excluding steroid dienone is 3. The second-order valence-corrected chi connectivity index (χ2v) is 45.8. The van der Waals surface area contributed by atoms with Crippen LogP contribution in [0.1, 0.15) is 36.4 Å². The van der Waals surface area contributed by atoms with E-state index in [1.54, 1.807) is 0 Å². The van der Waals surface area contributed by atoms with Gasteiger partial charge < -0.3 is 0 Å². The number of fused-ring (bicyclic) bond motifs is 9. The maximum atomic E-state index is 10.1. The molecule has 0 atom stereocenters. The van der Waals surface area contributed by atoms with Crippen molar-refractivity contribution in [3.63, 3.8) is 0 Å². The molecule has 0 N–H and O–H groups in total. The summed E-state index contributed by atoms with van der Waals surface area (Å²) >= 11 is 0.653. The van der Waals surface area contributed by atoms with Crippen LogP contribution in [-0.2, 0) is 5.41 Å². The summed E-state index contributed by atoms with van der Waals surface area (Å²) < 4.78 is 18.3. The molecule has 0 saturated heterocycles. The van der Waals surface area contributed by atoms with Crippen LogP contribution in [0.15, 0.2) is 276 Å². The van der Waals surface area contributed by atoms with E-state index in [4.69, 9.17) is 15.0 Å². The maximum absolute atomic E-state index is 10.1. The van der Waals surface area contributed by atoms with Gasteiger partial charge in [0, 0.05) is 0 Å². The fourth-order valence-corrected chi connectivity index (χ4v) is 31.3. The standard InChI is InChI=1S/C29H21N3Se2.C28H21N3Se2Si.C26H15N3Se2Te/c1-29(2)21-9-3-4-10-22(21)31-28(29)19(18-30)17-20-15-16-27(33-20)32-23-11-5-7-13-25(23)34-26-14-8-6-12-24(26)32;1-34(2)26-14-8-3-9-21(26)30-28(34)19(18-29)17-20-15-16-27(32-20)31-22-10-4-6-12-24(22)33-25-13-7-5-11-23(25)31;27-16-17(26-28-19-7-1-6-12-24(19)32-26)15-18-13-14-25(30-18)29-20-8-2-4-10-22(20)31-23-11-5-3-9-21(23)29/h2*3-17H,1-2H3;1-15H/b2*19-17+;17-15+. The number of rotatable bonds is 9. The van der Waals surface area contributed by atoms with E-state index in [0.717, 1.165) is 42.8 Å². The first-order valence-electron chi connectivity index (χ1n) is 32.3. The van der Waals surface area contributed by atoms with Crippen molar-refractivity contribution in [1.29, 1.82) is 15.8 Å². The van der Waals surface area contributed by atoms with Gasteiger partial charge >= 0.3 is 636 Å². The minimum absolute atomic E-state index is 0.0861. The van der Waals surface area contributed by atoms with Crippen LogP contribution in [0.3, 0.4) is 0 Å². The SMILES string of the molecule is CC1(C)C(/C(C#N)=C/c2ccc(N3c4ccccc4[Se]c4ccccc43)[se]2)=Nc2ccccc21.C[Si]1(C)C(/C(C#N)=C/c2ccc(N3c4ccccc4[Se]c4ccccc43)[se]2)=Nc2ccccc21.N#C/C(=C\c1ccc(N2c3ccccc3[Se]c3ccccc32)[se]1)c1nc2ccccc2[te]1. The van der Waals surface area contributed by atoms with Crippen molar-refractivity contribution in [1.82, 2.24) is 4.98 Å². The van der Waals surface area contributed by atoms with Crippen molar-refractivity contribution >= 4 is 252 Å². The van der Waals surface area contributed by atoms with E-state index in [2.05, 4.69) is 296 Å².